The fourth-order valence-electron chi connectivity index (χ4n) is 3.45. The van der Waals surface area contributed by atoms with E-state index in [1.54, 1.807) is 7.11 Å². The molecule has 0 radical (unpaired) electrons. The van der Waals surface area contributed by atoms with Crippen molar-refractivity contribution in [2.75, 3.05) is 26.8 Å². The maximum atomic E-state index is 6.25. The number of rotatable bonds is 5. The number of hydrogen-bond acceptors (Lipinski definition) is 4. The van der Waals surface area contributed by atoms with Crippen molar-refractivity contribution in [3.8, 4) is 5.75 Å². The van der Waals surface area contributed by atoms with Crippen LogP contribution in [0.25, 0.3) is 0 Å². The molecular formula is C20H30N4O2. The molecule has 1 saturated heterocycles. The standard InChI is InChI=1S/C20H30N4O2/c1-25-17-9-7-15(8-10-17)13-19(21)24-20(18-14-22-11-12-26-18)23-16-5-3-2-4-6-16/h7-10,16,18,22H,2-6,11-14H2,1H3,(H2,21,23,24). The van der Waals surface area contributed by atoms with Crippen molar-refractivity contribution < 1.29 is 9.47 Å². The summed E-state index contributed by atoms with van der Waals surface area (Å²) in [4.78, 5) is 9.61. The Morgan fingerprint density at radius 1 is 1.23 bits per heavy atom. The minimum atomic E-state index is -0.111. The first-order valence-electron chi connectivity index (χ1n) is 9.60. The molecular weight excluding hydrogens is 328 g/mol. The van der Waals surface area contributed by atoms with Gasteiger partial charge < -0.3 is 20.5 Å². The molecule has 1 aromatic carbocycles. The van der Waals surface area contributed by atoms with E-state index < -0.39 is 0 Å². The first kappa shape index (κ1) is 18.9. The molecule has 0 bridgehead atoms. The summed E-state index contributed by atoms with van der Waals surface area (Å²) in [5.74, 6) is 2.15. The monoisotopic (exact) mass is 358 g/mol. The summed E-state index contributed by atoms with van der Waals surface area (Å²) < 4.78 is 11.1. The molecule has 1 heterocycles. The third kappa shape index (κ3) is 5.54. The van der Waals surface area contributed by atoms with Crippen LogP contribution < -0.4 is 15.8 Å². The summed E-state index contributed by atoms with van der Waals surface area (Å²) in [6, 6.07) is 8.25. The second kappa shape index (κ2) is 9.69. The minimum Gasteiger partial charge on any atom is -0.497 e. The van der Waals surface area contributed by atoms with Gasteiger partial charge in [-0.2, -0.15) is 0 Å². The average molecular weight is 358 g/mol. The molecule has 0 aromatic heterocycles. The molecule has 3 rings (SSSR count). The van der Waals surface area contributed by atoms with Crippen LogP contribution in [-0.2, 0) is 11.2 Å². The molecule has 6 nitrogen and oxygen atoms in total. The van der Waals surface area contributed by atoms with Crippen molar-refractivity contribution in [1.82, 2.24) is 5.32 Å². The van der Waals surface area contributed by atoms with E-state index >= 15 is 0 Å². The number of benzene rings is 1. The van der Waals surface area contributed by atoms with E-state index in [1.807, 2.05) is 24.3 Å². The van der Waals surface area contributed by atoms with Gasteiger partial charge in [0.25, 0.3) is 0 Å². The number of methoxy groups -OCH3 is 1. The van der Waals surface area contributed by atoms with Gasteiger partial charge in [0.1, 0.15) is 17.7 Å². The zero-order valence-electron chi connectivity index (χ0n) is 15.6. The van der Waals surface area contributed by atoms with Crippen LogP contribution >= 0.6 is 0 Å². The maximum absolute atomic E-state index is 6.25. The SMILES string of the molecule is COc1ccc(CC(N)=NC(=NC2CCCCC2)C2CNCCO2)cc1. The summed E-state index contributed by atoms with van der Waals surface area (Å²) in [5.41, 5.74) is 7.35. The number of aliphatic imine (C=N–C) groups is 2. The molecule has 1 aliphatic carbocycles. The number of nitrogens with one attached hydrogen (secondary N) is 1. The number of morpholine rings is 1. The quantitative estimate of drug-likeness (QED) is 0.625. The second-order valence-electron chi connectivity index (χ2n) is 6.97. The summed E-state index contributed by atoms with van der Waals surface area (Å²) in [6.45, 7) is 2.30. The van der Waals surface area contributed by atoms with Gasteiger partial charge in [-0.05, 0) is 30.5 Å². The van der Waals surface area contributed by atoms with Gasteiger partial charge in [0.15, 0.2) is 5.84 Å². The fraction of sp³-hybridized carbons (Fsp3) is 0.600. The van der Waals surface area contributed by atoms with Crippen LogP contribution in [0.2, 0.25) is 0 Å². The van der Waals surface area contributed by atoms with Crippen molar-refractivity contribution in [3.05, 3.63) is 29.8 Å². The van der Waals surface area contributed by atoms with Gasteiger partial charge in [-0.3, -0.25) is 4.99 Å². The molecule has 2 aliphatic rings. The van der Waals surface area contributed by atoms with Gasteiger partial charge in [-0.1, -0.05) is 31.4 Å². The lowest BCUT2D eigenvalue weighted by molar-refractivity contribution is 0.0700. The van der Waals surface area contributed by atoms with Crippen LogP contribution in [-0.4, -0.2) is 50.6 Å². The average Bonchev–Trinajstić information content (AvgIpc) is 2.69. The summed E-state index contributed by atoms with van der Waals surface area (Å²) >= 11 is 0. The number of amidine groups is 2. The van der Waals surface area contributed by atoms with Gasteiger partial charge in [-0.15, -0.1) is 0 Å². The molecule has 0 spiro atoms. The van der Waals surface area contributed by atoms with Crippen molar-refractivity contribution in [2.45, 2.75) is 50.7 Å². The van der Waals surface area contributed by atoms with Gasteiger partial charge in [0.05, 0.1) is 19.8 Å². The van der Waals surface area contributed by atoms with E-state index in [0.29, 0.717) is 24.9 Å². The second-order valence-corrected chi connectivity index (χ2v) is 6.97. The van der Waals surface area contributed by atoms with Crippen molar-refractivity contribution in [3.63, 3.8) is 0 Å². The summed E-state index contributed by atoms with van der Waals surface area (Å²) in [5, 5.41) is 3.36. The van der Waals surface area contributed by atoms with Crippen molar-refractivity contribution in [1.29, 1.82) is 0 Å². The number of nitrogens with two attached hydrogens (primary N) is 1. The zero-order chi connectivity index (χ0) is 18.2. The fourth-order valence-corrected chi connectivity index (χ4v) is 3.45. The Kier molecular flexibility index (Phi) is 7.03. The molecule has 3 N–H and O–H groups in total. The molecule has 26 heavy (non-hydrogen) atoms. The lowest BCUT2D eigenvalue weighted by atomic mass is 9.96. The van der Waals surface area contributed by atoms with E-state index in [1.165, 1.54) is 19.3 Å². The van der Waals surface area contributed by atoms with Gasteiger partial charge >= 0.3 is 0 Å². The molecule has 1 saturated carbocycles. The van der Waals surface area contributed by atoms with E-state index in [2.05, 4.69) is 10.3 Å². The predicted molar refractivity (Wildman–Crippen MR) is 105 cm³/mol. The lowest BCUT2D eigenvalue weighted by Gasteiger charge is -2.25. The number of ether oxygens (including phenoxy) is 2. The smallest absolute Gasteiger partial charge is 0.156 e. The number of hydrogen-bond donors (Lipinski definition) is 2. The summed E-state index contributed by atoms with van der Waals surface area (Å²) in [7, 11) is 1.66. The molecule has 1 atom stereocenters. The first-order chi connectivity index (χ1) is 12.7. The Bertz CT molecular complexity index is 615. The molecule has 2 fully saturated rings. The molecule has 0 amide bonds. The van der Waals surface area contributed by atoms with Crippen LogP contribution in [0.5, 0.6) is 5.75 Å². The predicted octanol–water partition coefficient (Wildman–Crippen LogP) is 2.31. The van der Waals surface area contributed by atoms with Crippen LogP contribution in [0, 0.1) is 0 Å². The minimum absolute atomic E-state index is 0.111. The Morgan fingerprint density at radius 3 is 2.65 bits per heavy atom. The van der Waals surface area contributed by atoms with Crippen LogP contribution in [0.15, 0.2) is 34.3 Å². The molecule has 1 unspecified atom stereocenters. The molecule has 142 valence electrons. The van der Waals surface area contributed by atoms with E-state index in [-0.39, 0.29) is 6.10 Å². The maximum Gasteiger partial charge on any atom is 0.156 e. The Morgan fingerprint density at radius 2 is 2.00 bits per heavy atom. The Balaban J connectivity index is 1.73. The summed E-state index contributed by atoms with van der Waals surface area (Å²) in [6.07, 6.45) is 6.56. The van der Waals surface area contributed by atoms with E-state index in [0.717, 1.165) is 43.1 Å². The molecule has 1 aromatic rings. The Labute approximate surface area is 155 Å². The topological polar surface area (TPSA) is 81.2 Å². The van der Waals surface area contributed by atoms with Gasteiger partial charge in [0, 0.05) is 19.5 Å². The zero-order valence-corrected chi connectivity index (χ0v) is 15.6. The Hall–Kier alpha value is -1.92. The third-order valence-electron chi connectivity index (χ3n) is 4.91. The van der Waals surface area contributed by atoms with Crippen molar-refractivity contribution >= 4 is 11.7 Å². The van der Waals surface area contributed by atoms with Gasteiger partial charge in [-0.25, -0.2) is 4.99 Å². The molecule has 1 aliphatic heterocycles. The highest BCUT2D eigenvalue weighted by molar-refractivity contribution is 5.99. The first-order valence-corrected chi connectivity index (χ1v) is 9.60. The van der Waals surface area contributed by atoms with Crippen LogP contribution in [0.4, 0.5) is 0 Å². The highest BCUT2D eigenvalue weighted by Crippen LogP contribution is 2.21. The molecule has 6 heteroatoms. The normalized spacial score (nSPS) is 23.0. The lowest BCUT2D eigenvalue weighted by Crippen LogP contribution is -2.43. The largest absolute Gasteiger partial charge is 0.497 e. The number of nitrogens with zero attached hydrogens (tertiary/aromatic N) is 2. The van der Waals surface area contributed by atoms with Crippen LogP contribution in [0.1, 0.15) is 37.7 Å². The van der Waals surface area contributed by atoms with Gasteiger partial charge in [0.2, 0.25) is 0 Å². The van der Waals surface area contributed by atoms with E-state index in [4.69, 9.17) is 20.2 Å². The third-order valence-corrected chi connectivity index (χ3v) is 4.91. The van der Waals surface area contributed by atoms with Crippen molar-refractivity contribution in [2.24, 2.45) is 15.7 Å². The highest BCUT2D eigenvalue weighted by Gasteiger charge is 2.22. The van der Waals surface area contributed by atoms with E-state index in [9.17, 15) is 0 Å². The highest BCUT2D eigenvalue weighted by atomic mass is 16.5. The van der Waals surface area contributed by atoms with Crippen LogP contribution in [0.3, 0.4) is 0 Å².